The van der Waals surface area contributed by atoms with Crippen LogP contribution in [-0.4, -0.2) is 34.9 Å². The second-order valence-corrected chi connectivity index (χ2v) is 5.67. The fraction of sp³-hybridized carbons (Fsp3) is 0.211. The first-order valence-corrected chi connectivity index (χ1v) is 8.05. The Morgan fingerprint density at radius 3 is 2.62 bits per heavy atom. The van der Waals surface area contributed by atoms with E-state index in [9.17, 15) is 4.79 Å². The van der Waals surface area contributed by atoms with Crippen molar-refractivity contribution in [3.63, 3.8) is 0 Å². The Kier molecular flexibility index (Phi) is 5.17. The van der Waals surface area contributed by atoms with Gasteiger partial charge in [-0.15, -0.1) is 0 Å². The van der Waals surface area contributed by atoms with Gasteiger partial charge >= 0.3 is 0 Å². The van der Waals surface area contributed by atoms with Crippen molar-refractivity contribution < 1.29 is 14.3 Å². The highest BCUT2D eigenvalue weighted by atomic mass is 16.5. The molecule has 1 aromatic carbocycles. The summed E-state index contributed by atoms with van der Waals surface area (Å²) in [5, 5.41) is 7.06. The van der Waals surface area contributed by atoms with Gasteiger partial charge < -0.3 is 14.8 Å². The van der Waals surface area contributed by atoms with E-state index in [1.807, 2.05) is 19.2 Å². The molecule has 0 spiro atoms. The third kappa shape index (κ3) is 3.66. The van der Waals surface area contributed by atoms with Crippen LogP contribution in [-0.2, 0) is 13.6 Å². The smallest absolute Gasteiger partial charge is 0.251 e. The summed E-state index contributed by atoms with van der Waals surface area (Å²) < 4.78 is 12.2. The lowest BCUT2D eigenvalue weighted by Gasteiger charge is -2.10. The van der Waals surface area contributed by atoms with Gasteiger partial charge in [-0.05, 0) is 35.9 Å². The third-order valence-corrected chi connectivity index (χ3v) is 4.01. The molecule has 7 nitrogen and oxygen atoms in total. The Labute approximate surface area is 151 Å². The van der Waals surface area contributed by atoms with Gasteiger partial charge in [0.2, 0.25) is 0 Å². The molecule has 0 fully saturated rings. The summed E-state index contributed by atoms with van der Waals surface area (Å²) in [6.45, 7) is 0.367. The molecule has 3 aromatic rings. The van der Waals surface area contributed by atoms with Crippen molar-refractivity contribution in [1.29, 1.82) is 0 Å². The molecule has 0 radical (unpaired) electrons. The van der Waals surface area contributed by atoms with Crippen LogP contribution in [0.3, 0.4) is 0 Å². The lowest BCUT2D eigenvalue weighted by atomic mass is 10.1. The lowest BCUT2D eigenvalue weighted by molar-refractivity contribution is 0.0950. The predicted molar refractivity (Wildman–Crippen MR) is 97.2 cm³/mol. The maximum Gasteiger partial charge on any atom is 0.251 e. The summed E-state index contributed by atoms with van der Waals surface area (Å²) in [6, 6.07) is 8.96. The van der Waals surface area contributed by atoms with Crippen molar-refractivity contribution in [2.75, 3.05) is 14.2 Å². The molecule has 7 heteroatoms. The van der Waals surface area contributed by atoms with Crippen molar-refractivity contribution in [3.05, 3.63) is 60.0 Å². The number of carbonyl (C=O) groups excluding carboxylic acids is 1. The normalized spacial score (nSPS) is 10.4. The molecule has 0 unspecified atom stereocenters. The molecule has 0 aliphatic carbocycles. The second-order valence-electron chi connectivity index (χ2n) is 5.67. The van der Waals surface area contributed by atoms with Gasteiger partial charge in [-0.1, -0.05) is 0 Å². The fourth-order valence-corrected chi connectivity index (χ4v) is 2.64. The number of pyridine rings is 1. The van der Waals surface area contributed by atoms with Gasteiger partial charge in [-0.3, -0.25) is 14.5 Å². The highest BCUT2D eigenvalue weighted by Gasteiger charge is 2.11. The quantitative estimate of drug-likeness (QED) is 0.737. The van der Waals surface area contributed by atoms with Gasteiger partial charge in [0.05, 0.1) is 19.9 Å². The van der Waals surface area contributed by atoms with Gasteiger partial charge in [0, 0.05) is 43.3 Å². The molecule has 134 valence electrons. The van der Waals surface area contributed by atoms with Crippen LogP contribution >= 0.6 is 0 Å². The zero-order valence-corrected chi connectivity index (χ0v) is 14.9. The van der Waals surface area contributed by atoms with Crippen molar-refractivity contribution >= 4 is 5.91 Å². The number of ether oxygens (including phenoxy) is 2. The minimum absolute atomic E-state index is 0.197. The summed E-state index contributed by atoms with van der Waals surface area (Å²) in [6.07, 6.45) is 5.24. The Balaban J connectivity index is 1.71. The monoisotopic (exact) mass is 352 g/mol. The van der Waals surface area contributed by atoms with Gasteiger partial charge in [0.1, 0.15) is 0 Å². The fourth-order valence-electron chi connectivity index (χ4n) is 2.64. The molecule has 1 N–H and O–H groups in total. The van der Waals surface area contributed by atoms with E-state index < -0.39 is 0 Å². The number of aromatic nitrogens is 3. The highest BCUT2D eigenvalue weighted by molar-refractivity contribution is 5.94. The number of carbonyl (C=O) groups is 1. The van der Waals surface area contributed by atoms with Gasteiger partial charge in [0.25, 0.3) is 5.91 Å². The maximum atomic E-state index is 12.4. The van der Waals surface area contributed by atoms with Crippen LogP contribution in [0.1, 0.15) is 15.9 Å². The van der Waals surface area contributed by atoms with Gasteiger partial charge in [0.15, 0.2) is 11.5 Å². The first kappa shape index (κ1) is 17.5. The van der Waals surface area contributed by atoms with E-state index in [1.165, 1.54) is 7.11 Å². The number of nitrogens with one attached hydrogen (secondary N) is 1. The number of aryl methyl sites for hydroxylation is 1. The Hall–Kier alpha value is -3.35. The zero-order valence-electron chi connectivity index (χ0n) is 14.9. The molecule has 0 aliphatic heterocycles. The maximum absolute atomic E-state index is 12.4. The molecule has 2 aromatic heterocycles. The Morgan fingerprint density at radius 2 is 1.92 bits per heavy atom. The number of amides is 1. The number of benzene rings is 1. The predicted octanol–water partition coefficient (Wildman–Crippen LogP) is 2.43. The topological polar surface area (TPSA) is 78.3 Å². The molecule has 1 amide bonds. The average Bonchev–Trinajstić information content (AvgIpc) is 3.11. The first-order chi connectivity index (χ1) is 12.6. The first-order valence-electron chi connectivity index (χ1n) is 8.05. The van der Waals surface area contributed by atoms with Crippen LogP contribution in [0.4, 0.5) is 0 Å². The van der Waals surface area contributed by atoms with Crippen molar-refractivity contribution in [2.45, 2.75) is 6.54 Å². The summed E-state index contributed by atoms with van der Waals surface area (Å²) in [7, 11) is 4.97. The minimum Gasteiger partial charge on any atom is -0.493 e. The summed E-state index contributed by atoms with van der Waals surface area (Å²) >= 11 is 0. The van der Waals surface area contributed by atoms with Crippen LogP contribution in [0.2, 0.25) is 0 Å². The summed E-state index contributed by atoms with van der Waals surface area (Å²) in [5.41, 5.74) is 3.31. The number of nitrogens with zero attached hydrogens (tertiary/aromatic N) is 3. The molecule has 0 bridgehead atoms. The van der Waals surface area contributed by atoms with Crippen LogP contribution < -0.4 is 14.8 Å². The SMILES string of the molecule is COc1ccc(C(=O)NCc2cncc(-c3ccnn3C)c2)cc1OC. The standard InChI is InChI=1S/C19H20N4O3/c1-23-16(6-7-22-23)15-8-13(10-20-12-15)11-21-19(24)14-4-5-17(25-2)18(9-14)26-3/h4-10,12H,11H2,1-3H3,(H,21,24). The van der Waals surface area contributed by atoms with E-state index in [1.54, 1.807) is 48.6 Å². The van der Waals surface area contributed by atoms with E-state index in [2.05, 4.69) is 15.4 Å². The van der Waals surface area contributed by atoms with Crippen molar-refractivity contribution in [1.82, 2.24) is 20.1 Å². The molecular formula is C19H20N4O3. The van der Waals surface area contributed by atoms with Gasteiger partial charge in [-0.25, -0.2) is 0 Å². The zero-order chi connectivity index (χ0) is 18.5. The highest BCUT2D eigenvalue weighted by Crippen LogP contribution is 2.27. The van der Waals surface area contributed by atoms with E-state index in [0.29, 0.717) is 23.6 Å². The van der Waals surface area contributed by atoms with Crippen molar-refractivity contribution in [3.8, 4) is 22.8 Å². The number of hydrogen-bond acceptors (Lipinski definition) is 5. The number of methoxy groups -OCH3 is 2. The molecule has 0 atom stereocenters. The second kappa shape index (κ2) is 7.69. The molecule has 0 aliphatic rings. The molecule has 0 saturated heterocycles. The van der Waals surface area contributed by atoms with Crippen LogP contribution in [0.25, 0.3) is 11.3 Å². The van der Waals surface area contributed by atoms with Crippen LogP contribution in [0.15, 0.2) is 48.9 Å². The molecular weight excluding hydrogens is 332 g/mol. The van der Waals surface area contributed by atoms with Crippen molar-refractivity contribution in [2.24, 2.45) is 7.05 Å². The minimum atomic E-state index is -0.197. The number of rotatable bonds is 6. The third-order valence-electron chi connectivity index (χ3n) is 4.01. The Morgan fingerprint density at radius 1 is 1.12 bits per heavy atom. The van der Waals surface area contributed by atoms with E-state index in [0.717, 1.165) is 16.8 Å². The van der Waals surface area contributed by atoms with E-state index >= 15 is 0 Å². The largest absolute Gasteiger partial charge is 0.493 e. The average molecular weight is 352 g/mol. The Bertz CT molecular complexity index is 921. The molecule has 3 rings (SSSR count). The van der Waals surface area contributed by atoms with Crippen LogP contribution in [0.5, 0.6) is 11.5 Å². The van der Waals surface area contributed by atoms with Gasteiger partial charge in [-0.2, -0.15) is 5.10 Å². The summed E-state index contributed by atoms with van der Waals surface area (Å²) in [5.74, 6) is 0.897. The molecule has 2 heterocycles. The molecule has 0 saturated carbocycles. The van der Waals surface area contributed by atoms with Crippen LogP contribution in [0, 0.1) is 0 Å². The number of hydrogen-bond donors (Lipinski definition) is 1. The van der Waals surface area contributed by atoms with E-state index in [-0.39, 0.29) is 5.91 Å². The van der Waals surface area contributed by atoms with E-state index in [4.69, 9.17) is 9.47 Å². The lowest BCUT2D eigenvalue weighted by Crippen LogP contribution is -2.22. The molecule has 26 heavy (non-hydrogen) atoms. The summed E-state index contributed by atoms with van der Waals surface area (Å²) in [4.78, 5) is 16.7.